The summed E-state index contributed by atoms with van der Waals surface area (Å²) in [5.41, 5.74) is 0.522. The molecular weight excluding hydrogens is 218 g/mol. The van der Waals surface area contributed by atoms with Crippen molar-refractivity contribution in [2.45, 2.75) is 0 Å². The van der Waals surface area contributed by atoms with Gasteiger partial charge in [-0.25, -0.2) is 4.79 Å². The Balaban J connectivity index is 2.99. The van der Waals surface area contributed by atoms with E-state index in [1.807, 2.05) is 6.07 Å². The minimum Gasteiger partial charge on any atom is -0.465 e. The number of nitrogens with one attached hydrogen (secondary N) is 1. The van der Waals surface area contributed by atoms with Gasteiger partial charge in [0.2, 0.25) is 0 Å². The highest BCUT2D eigenvalue weighted by Gasteiger charge is 2.19. The van der Waals surface area contributed by atoms with Gasteiger partial charge < -0.3 is 10.1 Å². The normalized spacial score (nSPS) is 11.1. The molecule has 4 heteroatoms. The predicted octanol–water partition coefficient (Wildman–Crippen LogP) is 1.19. The molecule has 0 bridgehead atoms. The molecule has 0 aliphatic rings. The monoisotopic (exact) mass is 233 g/mol. The van der Waals surface area contributed by atoms with Gasteiger partial charge >= 0.3 is 5.97 Å². The first-order valence-electron chi connectivity index (χ1n) is 5.23. The highest BCUT2D eigenvalue weighted by molar-refractivity contribution is 6.24. The van der Waals surface area contributed by atoms with Crippen LogP contribution in [-0.4, -0.2) is 32.5 Å². The van der Waals surface area contributed by atoms with Crippen molar-refractivity contribution in [3.8, 4) is 0 Å². The molecular formula is C13H15NO3. The van der Waals surface area contributed by atoms with E-state index in [1.165, 1.54) is 13.2 Å². The Morgan fingerprint density at radius 1 is 1.29 bits per heavy atom. The van der Waals surface area contributed by atoms with E-state index in [1.54, 1.807) is 31.3 Å². The van der Waals surface area contributed by atoms with Crippen LogP contribution in [0.25, 0.3) is 0 Å². The zero-order valence-corrected chi connectivity index (χ0v) is 9.90. The molecule has 0 heterocycles. The van der Waals surface area contributed by atoms with E-state index < -0.39 is 5.97 Å². The molecule has 0 amide bonds. The molecule has 1 aromatic rings. The third kappa shape index (κ3) is 3.53. The van der Waals surface area contributed by atoms with Gasteiger partial charge in [-0.1, -0.05) is 36.4 Å². The fraction of sp³-hybridized carbons (Fsp3) is 0.231. The zero-order valence-electron chi connectivity index (χ0n) is 9.90. The predicted molar refractivity (Wildman–Crippen MR) is 64.8 cm³/mol. The van der Waals surface area contributed by atoms with Gasteiger partial charge in [0.1, 0.15) is 5.57 Å². The van der Waals surface area contributed by atoms with Crippen LogP contribution < -0.4 is 5.32 Å². The van der Waals surface area contributed by atoms with Crippen LogP contribution in [0.15, 0.2) is 42.0 Å². The van der Waals surface area contributed by atoms with E-state index in [4.69, 9.17) is 0 Å². The third-order valence-corrected chi connectivity index (χ3v) is 2.20. The molecule has 0 aliphatic carbocycles. The van der Waals surface area contributed by atoms with E-state index in [0.29, 0.717) is 12.1 Å². The average molecular weight is 233 g/mol. The van der Waals surface area contributed by atoms with Gasteiger partial charge in [0.15, 0.2) is 5.78 Å². The highest BCUT2D eigenvalue weighted by Crippen LogP contribution is 2.09. The zero-order chi connectivity index (χ0) is 12.7. The molecule has 1 rings (SSSR count). The summed E-state index contributed by atoms with van der Waals surface area (Å²) in [6.07, 6.45) is 1.53. The number of likely N-dealkylation sites (N-methyl/N-ethyl adjacent to an activating group) is 1. The van der Waals surface area contributed by atoms with Gasteiger partial charge in [-0.05, 0) is 7.05 Å². The molecule has 0 saturated heterocycles. The topological polar surface area (TPSA) is 55.4 Å². The standard InChI is InChI=1S/C13H15NO3/c1-14-9-8-11(13(16)17-2)12(15)10-6-4-3-5-7-10/h3-8,14H,9H2,1-2H3. The lowest BCUT2D eigenvalue weighted by Gasteiger charge is -2.04. The largest absolute Gasteiger partial charge is 0.465 e. The second-order valence-corrected chi connectivity index (χ2v) is 3.36. The van der Waals surface area contributed by atoms with Crippen molar-refractivity contribution in [1.82, 2.24) is 5.32 Å². The molecule has 0 aliphatic heterocycles. The van der Waals surface area contributed by atoms with Crippen LogP contribution in [0.4, 0.5) is 0 Å². The maximum absolute atomic E-state index is 12.1. The van der Waals surface area contributed by atoms with Crippen LogP contribution in [0.3, 0.4) is 0 Å². The number of methoxy groups -OCH3 is 1. The summed E-state index contributed by atoms with van der Waals surface area (Å²) < 4.78 is 4.60. The van der Waals surface area contributed by atoms with Crippen LogP contribution in [0.1, 0.15) is 10.4 Å². The highest BCUT2D eigenvalue weighted by atomic mass is 16.5. The maximum Gasteiger partial charge on any atom is 0.341 e. The van der Waals surface area contributed by atoms with Crippen LogP contribution in [-0.2, 0) is 9.53 Å². The Hall–Kier alpha value is -1.94. The number of carbonyl (C=O) groups is 2. The van der Waals surface area contributed by atoms with E-state index in [2.05, 4.69) is 10.1 Å². The molecule has 0 atom stereocenters. The molecule has 0 unspecified atom stereocenters. The van der Waals surface area contributed by atoms with Gasteiger partial charge in [-0.15, -0.1) is 0 Å². The fourth-order valence-corrected chi connectivity index (χ4v) is 1.33. The number of benzene rings is 1. The fourth-order valence-electron chi connectivity index (χ4n) is 1.33. The molecule has 0 spiro atoms. The summed E-state index contributed by atoms with van der Waals surface area (Å²) in [6, 6.07) is 8.64. The van der Waals surface area contributed by atoms with Gasteiger partial charge in [0, 0.05) is 12.1 Å². The molecule has 1 aromatic carbocycles. The van der Waals surface area contributed by atoms with Gasteiger partial charge in [-0.2, -0.15) is 0 Å². The Morgan fingerprint density at radius 3 is 2.47 bits per heavy atom. The van der Waals surface area contributed by atoms with Crippen molar-refractivity contribution >= 4 is 11.8 Å². The minimum atomic E-state index is -0.617. The summed E-state index contributed by atoms with van der Waals surface area (Å²) in [5.74, 6) is -0.943. The first kappa shape index (κ1) is 13.1. The molecule has 0 saturated carbocycles. The van der Waals surface area contributed by atoms with Crippen LogP contribution in [0.2, 0.25) is 0 Å². The third-order valence-electron chi connectivity index (χ3n) is 2.20. The summed E-state index contributed by atoms with van der Waals surface area (Å²) in [7, 11) is 2.99. The molecule has 17 heavy (non-hydrogen) atoms. The SMILES string of the molecule is CNCC=C(C(=O)OC)C(=O)c1ccccc1. The van der Waals surface area contributed by atoms with Gasteiger partial charge in [-0.3, -0.25) is 4.79 Å². The lowest BCUT2D eigenvalue weighted by atomic mass is 10.0. The molecule has 0 fully saturated rings. The average Bonchev–Trinajstić information content (AvgIpc) is 2.39. The molecule has 90 valence electrons. The summed E-state index contributed by atoms with van der Waals surface area (Å²) in [6.45, 7) is 0.434. The van der Waals surface area contributed by atoms with Crippen molar-refractivity contribution in [3.05, 3.63) is 47.5 Å². The second kappa shape index (κ2) is 6.60. The van der Waals surface area contributed by atoms with Crippen LogP contribution in [0, 0.1) is 0 Å². The van der Waals surface area contributed by atoms with Gasteiger partial charge in [0.25, 0.3) is 0 Å². The number of ketones is 1. The van der Waals surface area contributed by atoms with Crippen LogP contribution in [0.5, 0.6) is 0 Å². The minimum absolute atomic E-state index is 0.0491. The van der Waals surface area contributed by atoms with Crippen molar-refractivity contribution in [3.63, 3.8) is 0 Å². The van der Waals surface area contributed by atoms with Crippen molar-refractivity contribution in [2.75, 3.05) is 20.7 Å². The number of esters is 1. The lowest BCUT2D eigenvalue weighted by molar-refractivity contribution is -0.135. The Bertz CT molecular complexity index is 424. The first-order valence-corrected chi connectivity index (χ1v) is 5.23. The number of carbonyl (C=O) groups excluding carboxylic acids is 2. The van der Waals surface area contributed by atoms with Gasteiger partial charge in [0.05, 0.1) is 7.11 Å². The lowest BCUT2D eigenvalue weighted by Crippen LogP contribution is -2.17. The number of Topliss-reactive ketones (excluding diaryl/α,β-unsaturated/α-hetero) is 1. The van der Waals surface area contributed by atoms with E-state index >= 15 is 0 Å². The summed E-state index contributed by atoms with van der Waals surface area (Å²) in [4.78, 5) is 23.5. The Morgan fingerprint density at radius 2 is 1.94 bits per heavy atom. The number of rotatable bonds is 5. The van der Waals surface area contributed by atoms with Crippen molar-refractivity contribution in [1.29, 1.82) is 0 Å². The number of hydrogen-bond donors (Lipinski definition) is 1. The number of ether oxygens (including phenoxy) is 1. The molecule has 4 nitrogen and oxygen atoms in total. The second-order valence-electron chi connectivity index (χ2n) is 3.36. The Kier molecular flexibility index (Phi) is 5.10. The maximum atomic E-state index is 12.1. The first-order chi connectivity index (χ1) is 8.20. The number of hydrogen-bond acceptors (Lipinski definition) is 4. The smallest absolute Gasteiger partial charge is 0.341 e. The van der Waals surface area contributed by atoms with Crippen LogP contribution >= 0.6 is 0 Å². The summed E-state index contributed by atoms with van der Waals surface area (Å²) in [5, 5.41) is 2.85. The van der Waals surface area contributed by atoms with Crippen molar-refractivity contribution < 1.29 is 14.3 Å². The van der Waals surface area contributed by atoms with E-state index in [-0.39, 0.29) is 11.4 Å². The summed E-state index contributed by atoms with van der Waals surface area (Å²) >= 11 is 0. The van der Waals surface area contributed by atoms with E-state index in [0.717, 1.165) is 0 Å². The quantitative estimate of drug-likeness (QED) is 0.273. The van der Waals surface area contributed by atoms with Crippen molar-refractivity contribution in [2.24, 2.45) is 0 Å². The molecule has 0 aromatic heterocycles. The molecule has 1 N–H and O–H groups in total. The van der Waals surface area contributed by atoms with E-state index in [9.17, 15) is 9.59 Å². The molecule has 0 radical (unpaired) electrons. The Labute approximate surface area is 100 Å².